The molecule has 0 aliphatic rings. The molecule has 0 fully saturated rings. The average molecular weight is 358 g/mol. The van der Waals surface area contributed by atoms with Crippen molar-refractivity contribution in [2.75, 3.05) is 0 Å². The Bertz CT molecular complexity index is 775. The zero-order valence-electron chi connectivity index (χ0n) is 10.8. The van der Waals surface area contributed by atoms with Gasteiger partial charge in [0.2, 0.25) is 0 Å². The summed E-state index contributed by atoms with van der Waals surface area (Å²) in [6.45, 7) is 3.39. The van der Waals surface area contributed by atoms with Crippen molar-refractivity contribution in [1.29, 1.82) is 0 Å². The van der Waals surface area contributed by atoms with Crippen molar-refractivity contribution in [1.82, 2.24) is 3.97 Å². The van der Waals surface area contributed by atoms with E-state index in [0.717, 1.165) is 9.54 Å². The first-order valence-electron chi connectivity index (χ1n) is 5.68. The van der Waals surface area contributed by atoms with Gasteiger partial charge in [0.05, 0.1) is 4.90 Å². The number of hydrogen-bond donors (Lipinski definition) is 1. The Hall–Kier alpha value is -1.60. The lowest BCUT2D eigenvalue weighted by Gasteiger charge is -2.08. The Labute approximate surface area is 125 Å². The minimum atomic E-state index is -3.93. The van der Waals surface area contributed by atoms with Crippen molar-refractivity contribution in [2.24, 2.45) is 0 Å². The summed E-state index contributed by atoms with van der Waals surface area (Å²) in [5.41, 5.74) is 1.03. The van der Waals surface area contributed by atoms with Crippen LogP contribution in [-0.4, -0.2) is 23.5 Å². The van der Waals surface area contributed by atoms with E-state index >= 15 is 0 Å². The number of rotatable bonds is 3. The molecule has 0 aliphatic heterocycles. The maximum atomic E-state index is 12.5. The molecule has 1 heterocycles. The van der Waals surface area contributed by atoms with E-state index in [4.69, 9.17) is 0 Å². The number of carboxylic acid groups (broad SMARTS) is 1. The van der Waals surface area contributed by atoms with Crippen LogP contribution in [0.25, 0.3) is 0 Å². The number of carboxylic acids is 1. The van der Waals surface area contributed by atoms with Crippen molar-refractivity contribution < 1.29 is 18.3 Å². The van der Waals surface area contributed by atoms with Gasteiger partial charge in [0.15, 0.2) is 0 Å². The third-order valence-corrected chi connectivity index (χ3v) is 5.42. The van der Waals surface area contributed by atoms with Crippen molar-refractivity contribution in [3.63, 3.8) is 0 Å². The monoisotopic (exact) mass is 357 g/mol. The first-order valence-corrected chi connectivity index (χ1v) is 7.91. The molecule has 1 aromatic carbocycles. The van der Waals surface area contributed by atoms with E-state index < -0.39 is 16.0 Å². The summed E-state index contributed by atoms with van der Waals surface area (Å²) in [7, 11) is -3.93. The number of nitrogens with zero attached hydrogens (tertiary/aromatic N) is 1. The van der Waals surface area contributed by atoms with E-state index in [2.05, 4.69) is 15.9 Å². The molecule has 0 bridgehead atoms. The molecule has 0 atom stereocenters. The van der Waals surface area contributed by atoms with Crippen LogP contribution in [0.4, 0.5) is 0 Å². The van der Waals surface area contributed by atoms with E-state index in [9.17, 15) is 18.3 Å². The van der Waals surface area contributed by atoms with E-state index in [0.29, 0.717) is 10.0 Å². The maximum Gasteiger partial charge on any atom is 0.353 e. The Morgan fingerprint density at radius 2 is 1.75 bits per heavy atom. The molecule has 7 heteroatoms. The summed E-state index contributed by atoms with van der Waals surface area (Å²) >= 11 is 3.16. The number of hydrogen-bond acceptors (Lipinski definition) is 3. The Morgan fingerprint density at radius 3 is 2.25 bits per heavy atom. The Kier molecular flexibility index (Phi) is 3.75. The molecule has 2 aromatic rings. The normalized spacial score (nSPS) is 11.6. The van der Waals surface area contributed by atoms with Crippen molar-refractivity contribution in [3.05, 3.63) is 51.8 Å². The van der Waals surface area contributed by atoms with Crippen LogP contribution in [0.3, 0.4) is 0 Å². The molecule has 2 rings (SSSR count). The standard InChI is InChI=1S/C13H12BrNO4S/c1-8-3-5-10(6-4-8)20(18,19)15-7-11(14)9(2)12(15)13(16)17/h3-7H,1-2H3,(H,16,17). The predicted molar refractivity (Wildman–Crippen MR) is 77.6 cm³/mol. The van der Waals surface area contributed by atoms with Gasteiger partial charge in [0.1, 0.15) is 5.69 Å². The molecule has 0 radical (unpaired) electrons. The topological polar surface area (TPSA) is 76.4 Å². The summed E-state index contributed by atoms with van der Waals surface area (Å²) in [6.07, 6.45) is 1.26. The SMILES string of the molecule is Cc1ccc(S(=O)(=O)n2cc(Br)c(C)c2C(=O)O)cc1. The third-order valence-electron chi connectivity index (χ3n) is 2.94. The lowest BCUT2D eigenvalue weighted by Crippen LogP contribution is -2.18. The van der Waals surface area contributed by atoms with Gasteiger partial charge in [-0.1, -0.05) is 17.7 Å². The number of aromatic carboxylic acids is 1. The first kappa shape index (κ1) is 14.8. The number of aryl methyl sites for hydroxylation is 1. The van der Waals surface area contributed by atoms with Gasteiger partial charge in [0.25, 0.3) is 10.0 Å². The van der Waals surface area contributed by atoms with Crippen LogP contribution in [-0.2, 0) is 10.0 Å². The van der Waals surface area contributed by atoms with Gasteiger partial charge >= 0.3 is 5.97 Å². The van der Waals surface area contributed by atoms with Gasteiger partial charge in [-0.25, -0.2) is 17.2 Å². The second kappa shape index (κ2) is 5.06. The van der Waals surface area contributed by atoms with E-state index in [-0.39, 0.29) is 10.6 Å². The van der Waals surface area contributed by atoms with Crippen LogP contribution in [0.5, 0.6) is 0 Å². The fraction of sp³-hybridized carbons (Fsp3) is 0.154. The van der Waals surface area contributed by atoms with E-state index in [1.165, 1.54) is 18.3 Å². The van der Waals surface area contributed by atoms with Gasteiger partial charge < -0.3 is 5.11 Å². The highest BCUT2D eigenvalue weighted by atomic mass is 79.9. The molecule has 0 unspecified atom stereocenters. The zero-order valence-corrected chi connectivity index (χ0v) is 13.2. The molecule has 0 spiro atoms. The van der Waals surface area contributed by atoms with Crippen molar-refractivity contribution >= 4 is 31.9 Å². The first-order chi connectivity index (χ1) is 9.25. The maximum absolute atomic E-state index is 12.5. The highest BCUT2D eigenvalue weighted by Crippen LogP contribution is 2.26. The Morgan fingerprint density at radius 1 is 1.20 bits per heavy atom. The predicted octanol–water partition coefficient (Wildman–Crippen LogP) is 2.80. The largest absolute Gasteiger partial charge is 0.477 e. The molecular formula is C13H12BrNO4S. The van der Waals surface area contributed by atoms with Crippen molar-refractivity contribution in [3.8, 4) is 0 Å². The highest BCUT2D eigenvalue weighted by molar-refractivity contribution is 9.10. The molecule has 1 aromatic heterocycles. The third kappa shape index (κ3) is 2.38. The second-order valence-corrected chi connectivity index (χ2v) is 7.04. The lowest BCUT2D eigenvalue weighted by atomic mass is 10.2. The smallest absolute Gasteiger partial charge is 0.353 e. The minimum Gasteiger partial charge on any atom is -0.477 e. The fourth-order valence-corrected chi connectivity index (χ4v) is 3.75. The summed E-state index contributed by atoms with van der Waals surface area (Å²) in [5, 5.41) is 9.21. The quantitative estimate of drug-likeness (QED) is 0.916. The Balaban J connectivity index is 2.70. The highest BCUT2D eigenvalue weighted by Gasteiger charge is 2.26. The van der Waals surface area contributed by atoms with Gasteiger partial charge in [-0.2, -0.15) is 0 Å². The number of carbonyl (C=O) groups is 1. The molecule has 0 saturated carbocycles. The van der Waals surface area contributed by atoms with Crippen molar-refractivity contribution in [2.45, 2.75) is 18.7 Å². The molecule has 0 saturated heterocycles. The lowest BCUT2D eigenvalue weighted by molar-refractivity contribution is 0.0688. The van der Waals surface area contributed by atoms with Gasteiger partial charge in [-0.05, 0) is 47.5 Å². The average Bonchev–Trinajstić information content (AvgIpc) is 2.67. The molecule has 1 N–H and O–H groups in total. The fourth-order valence-electron chi connectivity index (χ4n) is 1.81. The van der Waals surface area contributed by atoms with Crippen LogP contribution in [0, 0.1) is 13.8 Å². The molecule has 0 aliphatic carbocycles. The molecular weight excluding hydrogens is 346 g/mol. The van der Waals surface area contributed by atoms with Gasteiger partial charge in [0, 0.05) is 10.7 Å². The summed E-state index contributed by atoms with van der Waals surface area (Å²) in [4.78, 5) is 11.3. The summed E-state index contributed by atoms with van der Waals surface area (Å²) in [5.74, 6) is -1.29. The second-order valence-electron chi connectivity index (χ2n) is 4.37. The molecule has 106 valence electrons. The molecule has 5 nitrogen and oxygen atoms in total. The number of halogens is 1. The number of aromatic nitrogens is 1. The summed E-state index contributed by atoms with van der Waals surface area (Å²) in [6, 6.07) is 6.25. The van der Waals surface area contributed by atoms with E-state index in [1.54, 1.807) is 19.1 Å². The van der Waals surface area contributed by atoms with Crippen LogP contribution in [0.1, 0.15) is 21.6 Å². The number of benzene rings is 1. The molecule has 20 heavy (non-hydrogen) atoms. The van der Waals surface area contributed by atoms with Gasteiger partial charge in [-0.15, -0.1) is 0 Å². The molecule has 0 amide bonds. The van der Waals surface area contributed by atoms with Gasteiger partial charge in [-0.3, -0.25) is 0 Å². The van der Waals surface area contributed by atoms with Crippen LogP contribution in [0.15, 0.2) is 39.8 Å². The minimum absolute atomic E-state index is 0.0492. The van der Waals surface area contributed by atoms with Crippen LogP contribution in [0.2, 0.25) is 0 Å². The van der Waals surface area contributed by atoms with Crippen LogP contribution >= 0.6 is 15.9 Å². The van der Waals surface area contributed by atoms with Crippen LogP contribution < -0.4 is 0 Å². The van der Waals surface area contributed by atoms with E-state index in [1.807, 2.05) is 6.92 Å². The summed E-state index contributed by atoms with van der Waals surface area (Å²) < 4.78 is 26.3. The zero-order chi connectivity index (χ0) is 15.1.